The zero-order valence-electron chi connectivity index (χ0n) is 7.66. The van der Waals surface area contributed by atoms with Gasteiger partial charge >= 0.3 is 0 Å². The number of hydrogen-bond donors (Lipinski definition) is 0. The van der Waals surface area contributed by atoms with Crippen LogP contribution in [0.4, 0.5) is 0 Å². The summed E-state index contributed by atoms with van der Waals surface area (Å²) in [4.78, 5) is 0. The van der Waals surface area contributed by atoms with Crippen molar-refractivity contribution in [2.24, 2.45) is 0 Å². The smallest absolute Gasteiger partial charge is 0.0721 e. The maximum atomic E-state index is 5.41. The molecule has 1 aromatic carbocycles. The standard InChI is InChI=1S/C11H13IO/c1-2-3-8-13-9-10-4-6-11(12)7-5-10/h2-7H,8-9H2,1H3. The van der Waals surface area contributed by atoms with Crippen LogP contribution in [0, 0.1) is 3.57 Å². The Hall–Kier alpha value is -0.350. The average molecular weight is 288 g/mol. The molecule has 0 spiro atoms. The van der Waals surface area contributed by atoms with Crippen LogP contribution in [0.2, 0.25) is 0 Å². The van der Waals surface area contributed by atoms with Crippen LogP contribution in [-0.2, 0) is 11.3 Å². The zero-order valence-corrected chi connectivity index (χ0v) is 9.82. The van der Waals surface area contributed by atoms with E-state index in [0.29, 0.717) is 13.2 Å². The van der Waals surface area contributed by atoms with Gasteiger partial charge in [0, 0.05) is 3.57 Å². The van der Waals surface area contributed by atoms with Gasteiger partial charge in [-0.05, 0) is 47.2 Å². The third-order valence-corrected chi connectivity index (χ3v) is 2.35. The Labute approximate surface area is 92.9 Å². The van der Waals surface area contributed by atoms with Crippen LogP contribution in [-0.4, -0.2) is 6.61 Å². The van der Waals surface area contributed by atoms with Gasteiger partial charge in [-0.25, -0.2) is 0 Å². The lowest BCUT2D eigenvalue weighted by molar-refractivity contribution is 0.148. The van der Waals surface area contributed by atoms with Gasteiger partial charge in [0.2, 0.25) is 0 Å². The van der Waals surface area contributed by atoms with E-state index in [2.05, 4.69) is 46.9 Å². The maximum Gasteiger partial charge on any atom is 0.0721 e. The van der Waals surface area contributed by atoms with Crippen LogP contribution < -0.4 is 0 Å². The van der Waals surface area contributed by atoms with Crippen LogP contribution in [0.3, 0.4) is 0 Å². The van der Waals surface area contributed by atoms with Crippen molar-refractivity contribution in [2.45, 2.75) is 13.5 Å². The molecule has 70 valence electrons. The van der Waals surface area contributed by atoms with E-state index in [9.17, 15) is 0 Å². The highest BCUT2D eigenvalue weighted by atomic mass is 127. The van der Waals surface area contributed by atoms with Gasteiger partial charge in [0.15, 0.2) is 0 Å². The van der Waals surface area contributed by atoms with Crippen LogP contribution in [0.15, 0.2) is 36.4 Å². The van der Waals surface area contributed by atoms with Gasteiger partial charge in [-0.2, -0.15) is 0 Å². The molecule has 1 aromatic rings. The van der Waals surface area contributed by atoms with Crippen LogP contribution in [0.1, 0.15) is 12.5 Å². The summed E-state index contributed by atoms with van der Waals surface area (Å²) in [6.07, 6.45) is 4.00. The summed E-state index contributed by atoms with van der Waals surface area (Å²) in [5.74, 6) is 0. The molecule has 0 aliphatic heterocycles. The lowest BCUT2D eigenvalue weighted by Crippen LogP contribution is -1.92. The van der Waals surface area contributed by atoms with E-state index in [4.69, 9.17) is 4.74 Å². The van der Waals surface area contributed by atoms with Gasteiger partial charge in [-0.1, -0.05) is 24.3 Å². The van der Waals surface area contributed by atoms with Crippen molar-refractivity contribution in [2.75, 3.05) is 6.61 Å². The Bertz CT molecular complexity index is 264. The summed E-state index contributed by atoms with van der Waals surface area (Å²) in [5, 5.41) is 0. The van der Waals surface area contributed by atoms with Gasteiger partial charge in [0.25, 0.3) is 0 Å². The summed E-state index contributed by atoms with van der Waals surface area (Å²) in [6.45, 7) is 3.39. The van der Waals surface area contributed by atoms with Gasteiger partial charge in [0.05, 0.1) is 13.2 Å². The second-order valence-electron chi connectivity index (χ2n) is 2.71. The molecule has 0 saturated carbocycles. The third kappa shape index (κ3) is 4.43. The van der Waals surface area contributed by atoms with E-state index in [0.717, 1.165) is 0 Å². The summed E-state index contributed by atoms with van der Waals surface area (Å²) < 4.78 is 6.67. The van der Waals surface area contributed by atoms with Crippen molar-refractivity contribution >= 4 is 22.6 Å². The van der Waals surface area contributed by atoms with Gasteiger partial charge < -0.3 is 4.74 Å². The Morgan fingerprint density at radius 1 is 1.31 bits per heavy atom. The monoisotopic (exact) mass is 288 g/mol. The highest BCUT2D eigenvalue weighted by molar-refractivity contribution is 14.1. The predicted molar refractivity (Wildman–Crippen MR) is 63.6 cm³/mol. The first-order valence-corrected chi connectivity index (χ1v) is 5.34. The predicted octanol–water partition coefficient (Wildman–Crippen LogP) is 3.38. The first-order chi connectivity index (χ1) is 6.33. The van der Waals surface area contributed by atoms with E-state index < -0.39 is 0 Å². The summed E-state index contributed by atoms with van der Waals surface area (Å²) >= 11 is 2.30. The first-order valence-electron chi connectivity index (χ1n) is 4.26. The van der Waals surface area contributed by atoms with Crippen LogP contribution >= 0.6 is 22.6 Å². The van der Waals surface area contributed by atoms with Gasteiger partial charge in [0.1, 0.15) is 0 Å². The first kappa shape index (κ1) is 10.7. The fraction of sp³-hybridized carbons (Fsp3) is 0.273. The van der Waals surface area contributed by atoms with Crippen molar-refractivity contribution in [1.29, 1.82) is 0 Å². The number of ether oxygens (including phenoxy) is 1. The van der Waals surface area contributed by atoms with E-state index in [1.54, 1.807) is 0 Å². The Morgan fingerprint density at radius 2 is 2.00 bits per heavy atom. The van der Waals surface area contributed by atoms with Gasteiger partial charge in [-0.15, -0.1) is 0 Å². The Morgan fingerprint density at radius 3 is 2.62 bits per heavy atom. The van der Waals surface area contributed by atoms with Crippen molar-refractivity contribution in [1.82, 2.24) is 0 Å². The maximum absolute atomic E-state index is 5.41. The minimum Gasteiger partial charge on any atom is -0.373 e. The molecule has 0 saturated heterocycles. The number of rotatable bonds is 4. The normalized spacial score (nSPS) is 10.9. The molecule has 0 aromatic heterocycles. The summed E-state index contributed by atoms with van der Waals surface area (Å²) in [5.41, 5.74) is 1.23. The number of benzene rings is 1. The molecular weight excluding hydrogens is 275 g/mol. The van der Waals surface area contributed by atoms with Crippen molar-refractivity contribution in [3.8, 4) is 0 Å². The molecule has 13 heavy (non-hydrogen) atoms. The second kappa shape index (κ2) is 6.16. The Balaban J connectivity index is 2.33. The molecule has 0 atom stereocenters. The third-order valence-electron chi connectivity index (χ3n) is 1.63. The molecule has 0 heterocycles. The van der Waals surface area contributed by atoms with Crippen molar-refractivity contribution in [3.63, 3.8) is 0 Å². The minimum atomic E-state index is 0.696. The van der Waals surface area contributed by atoms with Crippen LogP contribution in [0.5, 0.6) is 0 Å². The van der Waals surface area contributed by atoms with Crippen LogP contribution in [0.25, 0.3) is 0 Å². The molecule has 0 unspecified atom stereocenters. The largest absolute Gasteiger partial charge is 0.373 e. The molecule has 2 heteroatoms. The summed E-state index contributed by atoms with van der Waals surface area (Å²) in [7, 11) is 0. The molecule has 0 radical (unpaired) electrons. The Kier molecular flexibility index (Phi) is 5.08. The molecule has 0 aliphatic carbocycles. The number of allylic oxidation sites excluding steroid dienone is 1. The molecule has 0 N–H and O–H groups in total. The quantitative estimate of drug-likeness (QED) is 0.469. The lowest BCUT2D eigenvalue weighted by Gasteiger charge is -2.01. The van der Waals surface area contributed by atoms with E-state index in [1.807, 2.05) is 19.1 Å². The molecule has 0 aliphatic rings. The van der Waals surface area contributed by atoms with Crippen molar-refractivity contribution < 1.29 is 4.74 Å². The highest BCUT2D eigenvalue weighted by Crippen LogP contribution is 2.07. The minimum absolute atomic E-state index is 0.696. The van der Waals surface area contributed by atoms with E-state index >= 15 is 0 Å². The zero-order chi connectivity index (χ0) is 9.52. The summed E-state index contributed by atoms with van der Waals surface area (Å²) in [6, 6.07) is 8.37. The fourth-order valence-electron chi connectivity index (χ4n) is 0.922. The molecule has 0 fully saturated rings. The van der Waals surface area contributed by atoms with Gasteiger partial charge in [-0.3, -0.25) is 0 Å². The molecule has 1 nitrogen and oxygen atoms in total. The molecule has 0 bridgehead atoms. The van der Waals surface area contributed by atoms with E-state index in [-0.39, 0.29) is 0 Å². The SMILES string of the molecule is CC=CCOCc1ccc(I)cc1. The fourth-order valence-corrected chi connectivity index (χ4v) is 1.28. The molecule has 0 amide bonds. The number of hydrogen-bond acceptors (Lipinski definition) is 1. The van der Waals surface area contributed by atoms with E-state index in [1.165, 1.54) is 9.13 Å². The topological polar surface area (TPSA) is 9.23 Å². The molecular formula is C11H13IO. The number of halogens is 1. The van der Waals surface area contributed by atoms with Crippen molar-refractivity contribution in [3.05, 3.63) is 45.6 Å². The average Bonchev–Trinajstić information content (AvgIpc) is 2.15. The lowest BCUT2D eigenvalue weighted by atomic mass is 10.2. The second-order valence-corrected chi connectivity index (χ2v) is 3.96. The highest BCUT2D eigenvalue weighted by Gasteiger charge is 1.91. The molecule has 1 rings (SSSR count).